The van der Waals surface area contributed by atoms with E-state index < -0.39 is 0 Å². The van der Waals surface area contributed by atoms with Crippen LogP contribution in [-0.4, -0.2) is 6.29 Å². The van der Waals surface area contributed by atoms with E-state index in [1.54, 1.807) is 0 Å². The Morgan fingerprint density at radius 3 is 2.67 bits per heavy atom. The Bertz CT molecular complexity index is 107. The smallest absolute Gasteiger partial charge is 0.123 e. The Hall–Kier alpha value is -0.330. The summed E-state index contributed by atoms with van der Waals surface area (Å²) in [6.07, 6.45) is 3.50. The fraction of sp³-hybridized carbons (Fsp3) is 0.875. The average molecular weight is 126 g/mol. The van der Waals surface area contributed by atoms with Crippen molar-refractivity contribution in [1.82, 2.24) is 0 Å². The van der Waals surface area contributed by atoms with Crippen molar-refractivity contribution in [2.24, 2.45) is 17.8 Å². The largest absolute Gasteiger partial charge is 0.303 e. The molecule has 1 heteroatoms. The maximum atomic E-state index is 10.2. The number of hydrogen-bond donors (Lipinski definition) is 0. The molecule has 0 aliphatic heterocycles. The third kappa shape index (κ3) is 1.81. The SMILES string of the molecule is CC(C)CC1CC1C=O. The molecule has 0 saturated heterocycles. The maximum Gasteiger partial charge on any atom is 0.123 e. The lowest BCUT2D eigenvalue weighted by Gasteiger charge is -1.99. The van der Waals surface area contributed by atoms with Gasteiger partial charge in [0.05, 0.1) is 0 Å². The lowest BCUT2D eigenvalue weighted by Crippen LogP contribution is -1.90. The summed E-state index contributed by atoms with van der Waals surface area (Å²) >= 11 is 0. The van der Waals surface area contributed by atoms with Crippen molar-refractivity contribution in [3.8, 4) is 0 Å². The molecule has 0 N–H and O–H groups in total. The van der Waals surface area contributed by atoms with Gasteiger partial charge in [-0.15, -0.1) is 0 Å². The Balaban J connectivity index is 2.12. The molecule has 1 aliphatic carbocycles. The molecule has 9 heavy (non-hydrogen) atoms. The van der Waals surface area contributed by atoms with Gasteiger partial charge in [0.2, 0.25) is 0 Å². The summed E-state index contributed by atoms with van der Waals surface area (Å²) in [7, 11) is 0. The fourth-order valence-electron chi connectivity index (χ4n) is 1.31. The monoisotopic (exact) mass is 126 g/mol. The van der Waals surface area contributed by atoms with Crippen molar-refractivity contribution in [1.29, 1.82) is 0 Å². The molecule has 1 saturated carbocycles. The molecule has 2 unspecified atom stereocenters. The summed E-state index contributed by atoms with van der Waals surface area (Å²) in [5.41, 5.74) is 0. The molecule has 0 heterocycles. The zero-order valence-electron chi connectivity index (χ0n) is 6.13. The van der Waals surface area contributed by atoms with Crippen LogP contribution in [0.1, 0.15) is 26.7 Å². The van der Waals surface area contributed by atoms with E-state index in [9.17, 15) is 4.79 Å². The minimum Gasteiger partial charge on any atom is -0.303 e. The Morgan fingerprint density at radius 1 is 1.67 bits per heavy atom. The first-order chi connectivity index (χ1) is 4.24. The van der Waals surface area contributed by atoms with Crippen LogP contribution in [0.15, 0.2) is 0 Å². The highest BCUT2D eigenvalue weighted by molar-refractivity contribution is 5.58. The van der Waals surface area contributed by atoms with Crippen molar-refractivity contribution in [2.75, 3.05) is 0 Å². The molecule has 0 amide bonds. The molecule has 0 aromatic heterocycles. The van der Waals surface area contributed by atoms with Crippen LogP contribution in [0.5, 0.6) is 0 Å². The van der Waals surface area contributed by atoms with Gasteiger partial charge in [-0.25, -0.2) is 0 Å². The van der Waals surface area contributed by atoms with Gasteiger partial charge >= 0.3 is 0 Å². The summed E-state index contributed by atoms with van der Waals surface area (Å²) < 4.78 is 0. The highest BCUT2D eigenvalue weighted by Crippen LogP contribution is 2.41. The van der Waals surface area contributed by atoms with E-state index in [0.29, 0.717) is 5.92 Å². The highest BCUT2D eigenvalue weighted by Gasteiger charge is 2.36. The van der Waals surface area contributed by atoms with Crippen molar-refractivity contribution < 1.29 is 4.79 Å². The van der Waals surface area contributed by atoms with Crippen molar-refractivity contribution in [3.05, 3.63) is 0 Å². The third-order valence-electron chi connectivity index (χ3n) is 1.93. The van der Waals surface area contributed by atoms with Crippen LogP contribution in [0.4, 0.5) is 0 Å². The average Bonchev–Trinajstić information content (AvgIpc) is 2.45. The number of carbonyl (C=O) groups excluding carboxylic acids is 1. The Labute approximate surface area is 56.4 Å². The van der Waals surface area contributed by atoms with Crippen molar-refractivity contribution in [2.45, 2.75) is 26.7 Å². The minimum absolute atomic E-state index is 0.424. The van der Waals surface area contributed by atoms with E-state index in [1.165, 1.54) is 6.42 Å². The lowest BCUT2D eigenvalue weighted by molar-refractivity contribution is -0.109. The van der Waals surface area contributed by atoms with Crippen LogP contribution in [-0.2, 0) is 4.79 Å². The molecule has 52 valence electrons. The summed E-state index contributed by atoms with van der Waals surface area (Å²) in [5, 5.41) is 0. The van der Waals surface area contributed by atoms with Gasteiger partial charge in [0, 0.05) is 5.92 Å². The number of carbonyl (C=O) groups is 1. The van der Waals surface area contributed by atoms with Crippen molar-refractivity contribution in [3.63, 3.8) is 0 Å². The van der Waals surface area contributed by atoms with Gasteiger partial charge in [0.1, 0.15) is 6.29 Å². The molecule has 2 atom stereocenters. The Kier molecular flexibility index (Phi) is 1.89. The predicted octanol–water partition coefficient (Wildman–Crippen LogP) is 1.87. The standard InChI is InChI=1S/C8H14O/c1-6(2)3-7-4-8(7)5-9/h5-8H,3-4H2,1-2H3. The molecular formula is C8H14O. The predicted molar refractivity (Wildman–Crippen MR) is 37.1 cm³/mol. The maximum absolute atomic E-state index is 10.2. The normalized spacial score (nSPS) is 32.8. The number of aldehydes is 1. The van der Waals surface area contributed by atoms with E-state index in [-0.39, 0.29) is 0 Å². The van der Waals surface area contributed by atoms with Gasteiger partial charge in [-0.1, -0.05) is 13.8 Å². The van der Waals surface area contributed by atoms with Gasteiger partial charge in [0.15, 0.2) is 0 Å². The molecule has 1 nitrogen and oxygen atoms in total. The zero-order chi connectivity index (χ0) is 6.85. The zero-order valence-corrected chi connectivity index (χ0v) is 6.13. The van der Waals surface area contributed by atoms with Crippen LogP contribution in [0, 0.1) is 17.8 Å². The van der Waals surface area contributed by atoms with Crippen LogP contribution >= 0.6 is 0 Å². The first-order valence-electron chi connectivity index (χ1n) is 3.69. The second-order valence-corrected chi connectivity index (χ2v) is 3.43. The second kappa shape index (κ2) is 2.51. The van der Waals surface area contributed by atoms with E-state index in [4.69, 9.17) is 0 Å². The molecule has 1 aliphatic rings. The van der Waals surface area contributed by atoms with E-state index >= 15 is 0 Å². The van der Waals surface area contributed by atoms with Gasteiger partial charge < -0.3 is 4.79 Å². The van der Waals surface area contributed by atoms with Crippen LogP contribution < -0.4 is 0 Å². The van der Waals surface area contributed by atoms with Gasteiger partial charge in [-0.05, 0) is 24.7 Å². The molecule has 0 aromatic carbocycles. The van der Waals surface area contributed by atoms with Crippen LogP contribution in [0.2, 0.25) is 0 Å². The second-order valence-electron chi connectivity index (χ2n) is 3.43. The quantitative estimate of drug-likeness (QED) is 0.527. The molecule has 0 radical (unpaired) electrons. The molecule has 0 aromatic rings. The number of rotatable bonds is 3. The lowest BCUT2D eigenvalue weighted by atomic mass is 10.1. The fourth-order valence-corrected chi connectivity index (χ4v) is 1.31. The Morgan fingerprint density at radius 2 is 2.33 bits per heavy atom. The summed E-state index contributed by atoms with van der Waals surface area (Å²) in [6, 6.07) is 0. The van der Waals surface area contributed by atoms with Gasteiger partial charge in [0.25, 0.3) is 0 Å². The molecule has 1 fully saturated rings. The van der Waals surface area contributed by atoms with Crippen LogP contribution in [0.3, 0.4) is 0 Å². The molecular weight excluding hydrogens is 112 g/mol. The van der Waals surface area contributed by atoms with E-state index in [1.807, 2.05) is 0 Å². The summed E-state index contributed by atoms with van der Waals surface area (Å²) in [4.78, 5) is 10.2. The summed E-state index contributed by atoms with van der Waals surface area (Å²) in [6.45, 7) is 4.42. The van der Waals surface area contributed by atoms with E-state index in [0.717, 1.165) is 24.5 Å². The van der Waals surface area contributed by atoms with E-state index in [2.05, 4.69) is 13.8 Å². The topological polar surface area (TPSA) is 17.1 Å². The first kappa shape index (κ1) is 6.79. The highest BCUT2D eigenvalue weighted by atomic mass is 16.1. The minimum atomic E-state index is 0.424. The third-order valence-corrected chi connectivity index (χ3v) is 1.93. The summed E-state index contributed by atoms with van der Waals surface area (Å²) in [5.74, 6) is 1.93. The first-order valence-corrected chi connectivity index (χ1v) is 3.69. The molecule has 0 spiro atoms. The molecule has 0 bridgehead atoms. The van der Waals surface area contributed by atoms with Crippen molar-refractivity contribution >= 4 is 6.29 Å². The van der Waals surface area contributed by atoms with Crippen LogP contribution in [0.25, 0.3) is 0 Å². The van der Waals surface area contributed by atoms with Gasteiger partial charge in [-0.2, -0.15) is 0 Å². The number of hydrogen-bond acceptors (Lipinski definition) is 1. The van der Waals surface area contributed by atoms with Gasteiger partial charge in [-0.3, -0.25) is 0 Å². The molecule has 1 rings (SSSR count).